The molecule has 2 atom stereocenters. The fourth-order valence-electron chi connectivity index (χ4n) is 2.60. The first-order valence-corrected chi connectivity index (χ1v) is 6.50. The summed E-state index contributed by atoms with van der Waals surface area (Å²) in [6.45, 7) is 1.96. The molecule has 0 spiro atoms. The Balaban J connectivity index is 2.22. The van der Waals surface area contributed by atoms with Crippen LogP contribution in [0.5, 0.6) is 0 Å². The Morgan fingerprint density at radius 2 is 1.80 bits per heavy atom. The van der Waals surface area contributed by atoms with E-state index in [2.05, 4.69) is 4.99 Å². The summed E-state index contributed by atoms with van der Waals surface area (Å²) in [6, 6.07) is 14.0. The van der Waals surface area contributed by atoms with Crippen molar-refractivity contribution >= 4 is 6.08 Å². The number of aryl methyl sites for hydroxylation is 1. The van der Waals surface area contributed by atoms with Gasteiger partial charge in [0, 0.05) is 16.2 Å². The van der Waals surface area contributed by atoms with Crippen molar-refractivity contribution in [3.63, 3.8) is 0 Å². The minimum absolute atomic E-state index is 0.253. The maximum absolute atomic E-state index is 11.4. The molecule has 0 bridgehead atoms. The smallest absolute Gasteiger partial charge is 0.258 e. The second-order valence-corrected chi connectivity index (χ2v) is 4.93. The lowest BCUT2D eigenvalue weighted by atomic mass is 9.93. The van der Waals surface area contributed by atoms with Crippen LogP contribution in [0.15, 0.2) is 53.5 Å². The van der Waals surface area contributed by atoms with Crippen LogP contribution in [-0.4, -0.2) is 11.0 Å². The molecule has 0 radical (unpaired) electrons. The summed E-state index contributed by atoms with van der Waals surface area (Å²) in [4.78, 5) is 15.7. The third-order valence-electron chi connectivity index (χ3n) is 3.64. The highest BCUT2D eigenvalue weighted by Gasteiger charge is 2.32. The fraction of sp³-hybridized carbons (Fsp3) is 0.188. The molecule has 0 N–H and O–H groups in total. The van der Waals surface area contributed by atoms with Crippen molar-refractivity contribution in [3.8, 4) is 0 Å². The fourth-order valence-corrected chi connectivity index (χ4v) is 2.60. The normalized spacial score (nSPS) is 20.4. The van der Waals surface area contributed by atoms with Crippen LogP contribution in [0.2, 0.25) is 0 Å². The van der Waals surface area contributed by atoms with Crippen LogP contribution in [0.1, 0.15) is 17.2 Å². The SMILES string of the molecule is Cc1ccccc1C1N=c2ccccc2=CC1[N+](=O)[O-]. The molecule has 0 amide bonds. The van der Waals surface area contributed by atoms with E-state index in [1.54, 1.807) is 6.08 Å². The summed E-state index contributed by atoms with van der Waals surface area (Å²) < 4.78 is 0. The Hall–Kier alpha value is -2.49. The van der Waals surface area contributed by atoms with Crippen molar-refractivity contribution in [3.05, 3.63) is 80.3 Å². The third-order valence-corrected chi connectivity index (χ3v) is 3.64. The second kappa shape index (κ2) is 4.89. The lowest BCUT2D eigenvalue weighted by molar-refractivity contribution is -0.508. The van der Waals surface area contributed by atoms with Gasteiger partial charge in [0.2, 0.25) is 0 Å². The van der Waals surface area contributed by atoms with Crippen molar-refractivity contribution in [2.45, 2.75) is 19.0 Å². The van der Waals surface area contributed by atoms with E-state index in [4.69, 9.17) is 0 Å². The van der Waals surface area contributed by atoms with E-state index in [1.165, 1.54) is 0 Å². The van der Waals surface area contributed by atoms with Gasteiger partial charge in [-0.25, -0.2) is 0 Å². The molecule has 3 rings (SSSR count). The zero-order chi connectivity index (χ0) is 14.1. The van der Waals surface area contributed by atoms with Crippen molar-refractivity contribution in [1.82, 2.24) is 0 Å². The van der Waals surface area contributed by atoms with Gasteiger partial charge in [-0.1, -0.05) is 42.5 Å². The lowest BCUT2D eigenvalue weighted by Gasteiger charge is -2.19. The standard InChI is InChI=1S/C16H14N2O2/c1-11-6-2-4-8-13(11)16-15(18(19)20)10-12-7-3-5-9-14(12)17-16/h2-10,15-16H,1H3. The highest BCUT2D eigenvalue weighted by molar-refractivity contribution is 5.39. The quantitative estimate of drug-likeness (QED) is 0.614. The molecule has 4 nitrogen and oxygen atoms in total. The number of hydrogen-bond acceptors (Lipinski definition) is 3. The van der Waals surface area contributed by atoms with E-state index >= 15 is 0 Å². The van der Waals surface area contributed by atoms with Crippen LogP contribution >= 0.6 is 0 Å². The zero-order valence-corrected chi connectivity index (χ0v) is 11.1. The minimum atomic E-state index is -0.814. The van der Waals surface area contributed by atoms with E-state index in [0.717, 1.165) is 21.7 Å². The average Bonchev–Trinajstić information content (AvgIpc) is 2.46. The highest BCUT2D eigenvalue weighted by atomic mass is 16.6. The van der Waals surface area contributed by atoms with Crippen LogP contribution in [0.25, 0.3) is 6.08 Å². The molecule has 20 heavy (non-hydrogen) atoms. The molecule has 2 unspecified atom stereocenters. The summed E-state index contributed by atoms with van der Waals surface area (Å²) in [5, 5.41) is 13.0. The van der Waals surface area contributed by atoms with Crippen LogP contribution in [-0.2, 0) is 0 Å². The van der Waals surface area contributed by atoms with Gasteiger partial charge < -0.3 is 0 Å². The van der Waals surface area contributed by atoms with E-state index in [1.807, 2.05) is 55.5 Å². The number of para-hydroxylation sites is 1. The summed E-state index contributed by atoms with van der Waals surface area (Å²) in [6.07, 6.45) is 1.71. The molecule has 100 valence electrons. The molecular formula is C16H14N2O2. The lowest BCUT2D eigenvalue weighted by Crippen LogP contribution is -2.38. The van der Waals surface area contributed by atoms with Crippen molar-refractivity contribution in [2.24, 2.45) is 4.99 Å². The van der Waals surface area contributed by atoms with Crippen molar-refractivity contribution in [1.29, 1.82) is 0 Å². The van der Waals surface area contributed by atoms with E-state index in [9.17, 15) is 10.1 Å². The van der Waals surface area contributed by atoms with Crippen LogP contribution in [0.4, 0.5) is 0 Å². The van der Waals surface area contributed by atoms with Crippen LogP contribution < -0.4 is 10.6 Å². The molecule has 0 saturated heterocycles. The summed E-state index contributed by atoms with van der Waals surface area (Å²) in [5.74, 6) is 0. The maximum atomic E-state index is 11.4. The molecule has 0 aliphatic carbocycles. The van der Waals surface area contributed by atoms with Crippen LogP contribution in [0.3, 0.4) is 0 Å². The molecular weight excluding hydrogens is 252 g/mol. The number of nitrogens with zero attached hydrogens (tertiary/aromatic N) is 2. The number of benzene rings is 2. The predicted molar refractivity (Wildman–Crippen MR) is 76.4 cm³/mol. The first-order chi connectivity index (χ1) is 9.66. The molecule has 4 heteroatoms. The Kier molecular flexibility index (Phi) is 3.06. The monoisotopic (exact) mass is 266 g/mol. The molecule has 0 fully saturated rings. The molecule has 2 aromatic rings. The molecule has 1 aliphatic heterocycles. The molecule has 1 heterocycles. The maximum Gasteiger partial charge on any atom is 0.258 e. The van der Waals surface area contributed by atoms with Gasteiger partial charge in [0.25, 0.3) is 6.04 Å². The Labute approximate surface area is 116 Å². The van der Waals surface area contributed by atoms with Gasteiger partial charge in [0.15, 0.2) is 0 Å². The van der Waals surface area contributed by atoms with Gasteiger partial charge in [0.05, 0.1) is 5.36 Å². The summed E-state index contributed by atoms with van der Waals surface area (Å²) >= 11 is 0. The number of fused-ring (bicyclic) bond motifs is 1. The number of rotatable bonds is 2. The highest BCUT2D eigenvalue weighted by Crippen LogP contribution is 2.27. The van der Waals surface area contributed by atoms with E-state index < -0.39 is 12.1 Å². The zero-order valence-electron chi connectivity index (χ0n) is 11.1. The largest absolute Gasteiger partial charge is 0.269 e. The minimum Gasteiger partial charge on any atom is -0.269 e. The topological polar surface area (TPSA) is 55.5 Å². The Bertz CT molecular complexity index is 783. The first kappa shape index (κ1) is 12.5. The van der Waals surface area contributed by atoms with Crippen molar-refractivity contribution in [2.75, 3.05) is 0 Å². The van der Waals surface area contributed by atoms with E-state index in [0.29, 0.717) is 0 Å². The Morgan fingerprint density at radius 1 is 1.10 bits per heavy atom. The summed E-state index contributed by atoms with van der Waals surface area (Å²) in [7, 11) is 0. The van der Waals surface area contributed by atoms with Gasteiger partial charge >= 0.3 is 0 Å². The second-order valence-electron chi connectivity index (χ2n) is 4.93. The van der Waals surface area contributed by atoms with Gasteiger partial charge in [-0.3, -0.25) is 15.1 Å². The van der Waals surface area contributed by atoms with Crippen LogP contribution in [0, 0.1) is 17.0 Å². The summed E-state index contributed by atoms with van der Waals surface area (Å²) in [5.41, 5.74) is 1.95. The molecule has 0 saturated carbocycles. The van der Waals surface area contributed by atoms with E-state index in [-0.39, 0.29) is 4.92 Å². The predicted octanol–water partition coefficient (Wildman–Crippen LogP) is 1.80. The van der Waals surface area contributed by atoms with Crippen molar-refractivity contribution < 1.29 is 4.92 Å². The molecule has 0 aromatic heterocycles. The molecule has 2 aromatic carbocycles. The number of hydrogen-bond donors (Lipinski definition) is 0. The van der Waals surface area contributed by atoms with Gasteiger partial charge in [-0.15, -0.1) is 0 Å². The Morgan fingerprint density at radius 3 is 2.55 bits per heavy atom. The van der Waals surface area contributed by atoms with Gasteiger partial charge in [-0.05, 0) is 24.1 Å². The average molecular weight is 266 g/mol. The number of nitro groups is 1. The molecule has 1 aliphatic rings. The first-order valence-electron chi connectivity index (χ1n) is 6.50. The van der Waals surface area contributed by atoms with Gasteiger partial charge in [0.1, 0.15) is 6.04 Å². The third kappa shape index (κ3) is 2.09. The van der Waals surface area contributed by atoms with Gasteiger partial charge in [-0.2, -0.15) is 0 Å².